The molecular formula is C20H16N2O6S. The molecule has 0 atom stereocenters. The molecule has 9 heteroatoms. The van der Waals surface area contributed by atoms with E-state index in [1.54, 1.807) is 37.3 Å². The molecule has 0 bridgehead atoms. The number of fused-ring (bicyclic) bond motifs is 3. The summed E-state index contributed by atoms with van der Waals surface area (Å²) in [6.45, 7) is 1.75. The van der Waals surface area contributed by atoms with Crippen LogP contribution in [0.4, 0.5) is 0 Å². The van der Waals surface area contributed by atoms with E-state index in [-0.39, 0.29) is 28.3 Å². The number of benzene rings is 2. The third kappa shape index (κ3) is 3.09. The van der Waals surface area contributed by atoms with Gasteiger partial charge in [-0.3, -0.25) is 0 Å². The standard InChI is InChI=1S/C20H16N2O6S/c1-2-28-20(25)17-15-11-29(26,27)16-9-4-3-8-14(16)18(15)22(21-17)13-7-5-6-12(10-13)19(23)24/h3-10H,2,11H2,1H3,(H,23,24). The lowest BCUT2D eigenvalue weighted by Crippen LogP contribution is -2.16. The lowest BCUT2D eigenvalue weighted by Gasteiger charge is -2.19. The number of carboxylic acids is 1. The molecule has 0 saturated heterocycles. The summed E-state index contributed by atoms with van der Waals surface area (Å²) < 4.78 is 32.0. The van der Waals surface area contributed by atoms with Crippen molar-refractivity contribution in [1.29, 1.82) is 0 Å². The van der Waals surface area contributed by atoms with Gasteiger partial charge in [0.2, 0.25) is 0 Å². The Balaban J connectivity index is 2.04. The van der Waals surface area contributed by atoms with Crippen LogP contribution in [0.5, 0.6) is 0 Å². The van der Waals surface area contributed by atoms with E-state index in [9.17, 15) is 23.1 Å². The van der Waals surface area contributed by atoms with Crippen molar-refractivity contribution in [3.8, 4) is 16.9 Å². The van der Waals surface area contributed by atoms with Gasteiger partial charge in [-0.1, -0.05) is 24.3 Å². The molecule has 29 heavy (non-hydrogen) atoms. The molecule has 4 rings (SSSR count). The maximum absolute atomic E-state index is 12.8. The van der Waals surface area contributed by atoms with Crippen LogP contribution < -0.4 is 0 Å². The first-order valence-electron chi connectivity index (χ1n) is 8.78. The number of rotatable bonds is 4. The molecule has 1 N–H and O–H groups in total. The Bertz CT molecular complexity index is 1260. The van der Waals surface area contributed by atoms with Crippen LogP contribution in [0.15, 0.2) is 53.4 Å². The molecule has 0 aliphatic carbocycles. The zero-order valence-electron chi connectivity index (χ0n) is 15.3. The first-order valence-corrected chi connectivity index (χ1v) is 10.4. The van der Waals surface area contributed by atoms with Gasteiger partial charge in [-0.05, 0) is 31.2 Å². The number of hydrogen-bond acceptors (Lipinski definition) is 6. The number of ether oxygens (including phenoxy) is 1. The largest absolute Gasteiger partial charge is 0.478 e. The van der Waals surface area contributed by atoms with E-state index >= 15 is 0 Å². The normalized spacial score (nSPS) is 14.0. The molecule has 148 valence electrons. The summed E-state index contributed by atoms with van der Waals surface area (Å²) in [6.07, 6.45) is 0. The van der Waals surface area contributed by atoms with Gasteiger partial charge in [0, 0.05) is 11.1 Å². The Hall–Kier alpha value is -3.46. The van der Waals surface area contributed by atoms with E-state index in [2.05, 4.69) is 5.10 Å². The number of hydrogen-bond donors (Lipinski definition) is 1. The van der Waals surface area contributed by atoms with Gasteiger partial charge in [0.1, 0.15) is 0 Å². The molecule has 0 saturated carbocycles. The Morgan fingerprint density at radius 1 is 1.17 bits per heavy atom. The summed E-state index contributed by atoms with van der Waals surface area (Å²) >= 11 is 0. The molecule has 2 aromatic carbocycles. The van der Waals surface area contributed by atoms with Gasteiger partial charge in [0.05, 0.1) is 34.2 Å². The molecule has 0 unspecified atom stereocenters. The van der Waals surface area contributed by atoms with Crippen molar-refractivity contribution >= 4 is 21.8 Å². The highest BCUT2D eigenvalue weighted by molar-refractivity contribution is 7.90. The maximum atomic E-state index is 12.8. The Labute approximate surface area is 166 Å². The number of nitrogens with zero attached hydrogens (tertiary/aromatic N) is 2. The fourth-order valence-electron chi connectivity index (χ4n) is 3.39. The van der Waals surface area contributed by atoms with Crippen molar-refractivity contribution in [3.63, 3.8) is 0 Å². The van der Waals surface area contributed by atoms with E-state index in [4.69, 9.17) is 4.74 Å². The first-order chi connectivity index (χ1) is 13.8. The topological polar surface area (TPSA) is 116 Å². The number of carboxylic acid groups (broad SMARTS) is 1. The van der Waals surface area contributed by atoms with Gasteiger partial charge in [0.15, 0.2) is 15.5 Å². The van der Waals surface area contributed by atoms with Crippen molar-refractivity contribution in [1.82, 2.24) is 9.78 Å². The van der Waals surface area contributed by atoms with Gasteiger partial charge in [-0.15, -0.1) is 0 Å². The lowest BCUT2D eigenvalue weighted by molar-refractivity contribution is 0.0517. The second-order valence-electron chi connectivity index (χ2n) is 6.42. The summed E-state index contributed by atoms with van der Waals surface area (Å²) in [5.74, 6) is -2.24. The summed E-state index contributed by atoms with van der Waals surface area (Å²) in [4.78, 5) is 24.0. The number of aromatic carboxylic acids is 1. The second-order valence-corrected chi connectivity index (χ2v) is 8.38. The van der Waals surface area contributed by atoms with Gasteiger partial charge in [0.25, 0.3) is 0 Å². The van der Waals surface area contributed by atoms with Crippen LogP contribution in [-0.4, -0.2) is 41.9 Å². The van der Waals surface area contributed by atoms with E-state index in [1.807, 2.05) is 0 Å². The van der Waals surface area contributed by atoms with Crippen molar-refractivity contribution in [3.05, 3.63) is 65.4 Å². The third-order valence-corrected chi connectivity index (χ3v) is 6.30. The summed E-state index contributed by atoms with van der Waals surface area (Å²) in [5, 5.41) is 13.6. The zero-order valence-corrected chi connectivity index (χ0v) is 16.1. The highest BCUT2D eigenvalue weighted by Gasteiger charge is 2.36. The minimum absolute atomic E-state index is 0.0427. The van der Waals surface area contributed by atoms with Crippen molar-refractivity contribution in [2.24, 2.45) is 0 Å². The SMILES string of the molecule is CCOC(=O)c1nn(-c2cccc(C(=O)O)c2)c2c1CS(=O)(=O)c1ccccc1-2. The summed E-state index contributed by atoms with van der Waals surface area (Å²) in [6, 6.07) is 12.5. The molecule has 0 spiro atoms. The first kappa shape index (κ1) is 18.9. The van der Waals surface area contributed by atoms with Crippen LogP contribution in [0.2, 0.25) is 0 Å². The minimum atomic E-state index is -3.67. The highest BCUT2D eigenvalue weighted by Crippen LogP contribution is 2.40. The summed E-state index contributed by atoms with van der Waals surface area (Å²) in [5.41, 5.74) is 1.41. The lowest BCUT2D eigenvalue weighted by atomic mass is 10.1. The Kier molecular flexibility index (Phi) is 4.46. The molecule has 1 aliphatic rings. The van der Waals surface area contributed by atoms with Crippen LogP contribution in [0.3, 0.4) is 0 Å². The fourth-order valence-corrected chi connectivity index (χ4v) is 4.98. The van der Waals surface area contributed by atoms with Crippen molar-refractivity contribution in [2.75, 3.05) is 6.61 Å². The molecule has 8 nitrogen and oxygen atoms in total. The Morgan fingerprint density at radius 3 is 2.66 bits per heavy atom. The number of sulfone groups is 1. The molecule has 2 heterocycles. The third-order valence-electron chi connectivity index (χ3n) is 4.60. The average molecular weight is 412 g/mol. The molecule has 1 aliphatic heterocycles. The van der Waals surface area contributed by atoms with Crippen molar-refractivity contribution < 1.29 is 27.9 Å². The Morgan fingerprint density at radius 2 is 1.93 bits per heavy atom. The van der Waals surface area contributed by atoms with Crippen LogP contribution >= 0.6 is 0 Å². The number of carbonyl (C=O) groups is 2. The van der Waals surface area contributed by atoms with Gasteiger partial charge >= 0.3 is 11.9 Å². The maximum Gasteiger partial charge on any atom is 0.359 e. The van der Waals surface area contributed by atoms with Crippen LogP contribution in [-0.2, 0) is 20.3 Å². The predicted molar refractivity (Wildman–Crippen MR) is 103 cm³/mol. The minimum Gasteiger partial charge on any atom is -0.478 e. The molecular weight excluding hydrogens is 396 g/mol. The molecule has 0 radical (unpaired) electrons. The van der Waals surface area contributed by atoms with E-state index in [0.29, 0.717) is 16.9 Å². The van der Waals surface area contributed by atoms with Gasteiger partial charge in [-0.2, -0.15) is 5.10 Å². The quantitative estimate of drug-likeness (QED) is 0.655. The molecule has 1 aromatic heterocycles. The monoisotopic (exact) mass is 412 g/mol. The van der Waals surface area contributed by atoms with Gasteiger partial charge in [-0.25, -0.2) is 22.7 Å². The highest BCUT2D eigenvalue weighted by atomic mass is 32.2. The average Bonchev–Trinajstić information content (AvgIpc) is 3.07. The van der Waals surface area contributed by atoms with E-state index < -0.39 is 27.5 Å². The number of esters is 1. The fraction of sp³-hybridized carbons (Fsp3) is 0.150. The van der Waals surface area contributed by atoms with Crippen LogP contribution in [0, 0.1) is 0 Å². The second kappa shape index (κ2) is 6.85. The molecule has 0 fully saturated rings. The number of carbonyl (C=O) groups excluding carboxylic acids is 1. The summed E-state index contributed by atoms with van der Waals surface area (Å²) in [7, 11) is -3.67. The molecule has 0 amide bonds. The zero-order chi connectivity index (χ0) is 20.8. The van der Waals surface area contributed by atoms with Gasteiger partial charge < -0.3 is 9.84 Å². The van der Waals surface area contributed by atoms with Crippen molar-refractivity contribution in [2.45, 2.75) is 17.6 Å². The van der Waals surface area contributed by atoms with E-state index in [1.165, 1.54) is 22.9 Å². The van der Waals surface area contributed by atoms with Crippen LogP contribution in [0.25, 0.3) is 16.9 Å². The predicted octanol–water partition coefficient (Wildman–Crippen LogP) is 2.70. The number of aromatic nitrogens is 2. The van der Waals surface area contributed by atoms with E-state index in [0.717, 1.165) is 0 Å². The molecule has 3 aromatic rings. The smallest absolute Gasteiger partial charge is 0.359 e. The van der Waals surface area contributed by atoms with Crippen LogP contribution in [0.1, 0.15) is 33.3 Å².